The van der Waals surface area contributed by atoms with Gasteiger partial charge in [0.2, 0.25) is 5.91 Å². The third-order valence-corrected chi connectivity index (χ3v) is 4.78. The van der Waals surface area contributed by atoms with E-state index in [0.29, 0.717) is 6.42 Å². The van der Waals surface area contributed by atoms with Gasteiger partial charge < -0.3 is 9.57 Å². The second kappa shape index (κ2) is 13.6. The number of anilines is 1. The summed E-state index contributed by atoms with van der Waals surface area (Å²) in [5.41, 5.74) is 3.14. The first kappa shape index (κ1) is 23.4. The Morgan fingerprint density at radius 2 is 2.07 bits per heavy atom. The average molecular weight is 397 g/mol. The number of aryl methyl sites for hydroxylation is 2. The van der Waals surface area contributed by atoms with Gasteiger partial charge in [-0.3, -0.25) is 9.69 Å². The van der Waals surface area contributed by atoms with Crippen LogP contribution < -0.4 is 4.90 Å². The molecule has 1 rings (SSSR count). The summed E-state index contributed by atoms with van der Waals surface area (Å²) in [6.07, 6.45) is 5.94. The maximum Gasteiger partial charge on any atom is 0.247 e. The lowest BCUT2D eigenvalue weighted by molar-refractivity contribution is -0.119. The standard InChI is InChI=1S/C21H33ClN2O3/c1-5-18-13-12-17(11-9-10-14-26-8-4)15-20(18)24(16-27-23-7-3)21(25)19(22)6-2/h7,12-13,15,19H,5-6,8-11,14,16H2,1-4H3. The van der Waals surface area contributed by atoms with E-state index in [-0.39, 0.29) is 12.6 Å². The molecule has 0 spiro atoms. The number of nitrogens with zero attached hydrogens (tertiary/aromatic N) is 2. The summed E-state index contributed by atoms with van der Waals surface area (Å²) in [6, 6.07) is 6.30. The fraction of sp³-hybridized carbons (Fsp3) is 0.619. The van der Waals surface area contributed by atoms with E-state index >= 15 is 0 Å². The molecule has 1 atom stereocenters. The molecule has 0 bridgehead atoms. The van der Waals surface area contributed by atoms with Gasteiger partial charge in [0.05, 0.1) is 5.69 Å². The lowest BCUT2D eigenvalue weighted by atomic mass is 10.0. The Labute approximate surface area is 168 Å². The van der Waals surface area contributed by atoms with Gasteiger partial charge in [-0.25, -0.2) is 0 Å². The monoisotopic (exact) mass is 396 g/mol. The fourth-order valence-corrected chi connectivity index (χ4v) is 2.87. The van der Waals surface area contributed by atoms with Crippen molar-refractivity contribution in [1.29, 1.82) is 0 Å². The van der Waals surface area contributed by atoms with Gasteiger partial charge in [0.1, 0.15) is 5.38 Å². The summed E-state index contributed by atoms with van der Waals surface area (Å²) in [5.74, 6) is -0.159. The van der Waals surface area contributed by atoms with E-state index in [1.54, 1.807) is 18.0 Å². The summed E-state index contributed by atoms with van der Waals surface area (Å²) >= 11 is 6.24. The number of alkyl halides is 1. The van der Waals surface area contributed by atoms with Crippen LogP contribution in [-0.4, -0.2) is 37.4 Å². The van der Waals surface area contributed by atoms with Gasteiger partial charge in [-0.1, -0.05) is 31.1 Å². The molecule has 1 aromatic rings. The molecule has 5 nitrogen and oxygen atoms in total. The second-order valence-corrected chi connectivity index (χ2v) is 6.76. The Balaban J connectivity index is 3.02. The molecule has 0 N–H and O–H groups in total. The van der Waals surface area contributed by atoms with Crippen LogP contribution in [0.4, 0.5) is 5.69 Å². The first-order chi connectivity index (χ1) is 13.1. The van der Waals surface area contributed by atoms with Gasteiger partial charge in [-0.05, 0) is 63.1 Å². The number of rotatable bonds is 13. The SMILES string of the molecule is CC=NOCN(C(=O)C(Cl)CC)c1cc(CCCCOCC)ccc1CC. The molecule has 1 amide bonds. The van der Waals surface area contributed by atoms with Gasteiger partial charge in [0.25, 0.3) is 0 Å². The van der Waals surface area contributed by atoms with Crippen molar-refractivity contribution in [2.75, 3.05) is 24.8 Å². The Kier molecular flexibility index (Phi) is 11.8. The molecule has 0 aliphatic carbocycles. The molecule has 152 valence electrons. The summed E-state index contributed by atoms with van der Waals surface area (Å²) in [5, 5.41) is 3.20. The number of hydrogen-bond acceptors (Lipinski definition) is 4. The lowest BCUT2D eigenvalue weighted by Gasteiger charge is -2.26. The van der Waals surface area contributed by atoms with Crippen molar-refractivity contribution >= 4 is 29.4 Å². The van der Waals surface area contributed by atoms with Gasteiger partial charge in [0, 0.05) is 19.4 Å². The third-order valence-electron chi connectivity index (χ3n) is 4.29. The van der Waals surface area contributed by atoms with Crippen molar-refractivity contribution in [3.8, 4) is 0 Å². The van der Waals surface area contributed by atoms with E-state index < -0.39 is 5.38 Å². The number of halogens is 1. The summed E-state index contributed by atoms with van der Waals surface area (Å²) in [7, 11) is 0. The quantitative estimate of drug-likeness (QED) is 0.156. The smallest absolute Gasteiger partial charge is 0.247 e. The van der Waals surface area contributed by atoms with Gasteiger partial charge in [-0.15, -0.1) is 11.6 Å². The van der Waals surface area contributed by atoms with Crippen molar-refractivity contribution in [2.24, 2.45) is 5.16 Å². The number of amides is 1. The van der Waals surface area contributed by atoms with Crippen molar-refractivity contribution in [1.82, 2.24) is 0 Å². The van der Waals surface area contributed by atoms with Crippen LogP contribution in [0.1, 0.15) is 58.1 Å². The third kappa shape index (κ3) is 7.89. The van der Waals surface area contributed by atoms with E-state index in [1.165, 1.54) is 5.56 Å². The normalized spacial score (nSPS) is 12.3. The molecule has 0 saturated heterocycles. The maximum absolute atomic E-state index is 12.8. The molecule has 0 aliphatic heterocycles. The lowest BCUT2D eigenvalue weighted by Crippen LogP contribution is -2.38. The molecule has 6 heteroatoms. The molecule has 0 saturated carbocycles. The van der Waals surface area contributed by atoms with Crippen LogP contribution in [0, 0.1) is 0 Å². The molecule has 27 heavy (non-hydrogen) atoms. The number of unbranched alkanes of at least 4 members (excludes halogenated alkanes) is 1. The number of carbonyl (C=O) groups is 1. The molecule has 0 radical (unpaired) electrons. The molecule has 0 aromatic heterocycles. The Morgan fingerprint density at radius 3 is 2.70 bits per heavy atom. The average Bonchev–Trinajstić information content (AvgIpc) is 2.70. The van der Waals surface area contributed by atoms with Crippen LogP contribution in [0.15, 0.2) is 23.4 Å². The number of oxime groups is 1. The minimum Gasteiger partial charge on any atom is -0.382 e. The molecule has 0 heterocycles. The maximum atomic E-state index is 12.8. The molecular weight excluding hydrogens is 364 g/mol. The van der Waals surface area contributed by atoms with Crippen molar-refractivity contribution in [3.63, 3.8) is 0 Å². The zero-order valence-corrected chi connectivity index (χ0v) is 17.8. The van der Waals surface area contributed by atoms with Gasteiger partial charge >= 0.3 is 0 Å². The Bertz CT molecular complexity index is 593. The summed E-state index contributed by atoms with van der Waals surface area (Å²) in [4.78, 5) is 19.7. The Morgan fingerprint density at radius 1 is 1.30 bits per heavy atom. The van der Waals surface area contributed by atoms with Gasteiger partial charge in [0.15, 0.2) is 6.73 Å². The van der Waals surface area contributed by atoms with E-state index in [9.17, 15) is 4.79 Å². The van der Waals surface area contributed by atoms with Crippen LogP contribution in [0.3, 0.4) is 0 Å². The van der Waals surface area contributed by atoms with Crippen molar-refractivity contribution < 1.29 is 14.4 Å². The molecule has 0 fully saturated rings. The molecule has 1 unspecified atom stereocenters. The zero-order valence-electron chi connectivity index (χ0n) is 17.0. The highest BCUT2D eigenvalue weighted by Crippen LogP contribution is 2.26. The molecular formula is C21H33ClN2O3. The largest absolute Gasteiger partial charge is 0.382 e. The summed E-state index contributed by atoms with van der Waals surface area (Å²) in [6.45, 7) is 9.33. The molecule has 0 aliphatic rings. The van der Waals surface area contributed by atoms with Gasteiger partial charge in [-0.2, -0.15) is 0 Å². The van der Waals surface area contributed by atoms with Crippen LogP contribution >= 0.6 is 11.6 Å². The highest BCUT2D eigenvalue weighted by molar-refractivity contribution is 6.32. The zero-order chi connectivity index (χ0) is 20.1. The predicted molar refractivity (Wildman–Crippen MR) is 113 cm³/mol. The Hall–Kier alpha value is -1.59. The number of benzene rings is 1. The fourth-order valence-electron chi connectivity index (χ4n) is 2.75. The first-order valence-electron chi connectivity index (χ1n) is 9.83. The number of carbonyl (C=O) groups excluding carboxylic acids is 1. The summed E-state index contributed by atoms with van der Waals surface area (Å²) < 4.78 is 5.40. The predicted octanol–water partition coefficient (Wildman–Crippen LogP) is 4.94. The number of hydrogen-bond donors (Lipinski definition) is 0. The first-order valence-corrected chi connectivity index (χ1v) is 10.3. The number of ether oxygens (including phenoxy) is 1. The highest BCUT2D eigenvalue weighted by atomic mass is 35.5. The minimum absolute atomic E-state index is 0.0488. The van der Waals surface area contributed by atoms with E-state index in [1.807, 2.05) is 13.8 Å². The minimum atomic E-state index is -0.584. The van der Waals surface area contributed by atoms with E-state index in [0.717, 1.165) is 50.1 Å². The highest BCUT2D eigenvalue weighted by Gasteiger charge is 2.25. The van der Waals surface area contributed by atoms with Crippen molar-refractivity contribution in [3.05, 3.63) is 29.3 Å². The van der Waals surface area contributed by atoms with E-state index in [4.69, 9.17) is 21.2 Å². The van der Waals surface area contributed by atoms with Crippen molar-refractivity contribution in [2.45, 2.75) is 65.2 Å². The van der Waals surface area contributed by atoms with Crippen LogP contribution in [0.5, 0.6) is 0 Å². The molecule has 1 aromatic carbocycles. The van der Waals surface area contributed by atoms with Crippen LogP contribution in [0.2, 0.25) is 0 Å². The van der Waals surface area contributed by atoms with Crippen LogP contribution in [-0.2, 0) is 27.2 Å². The topological polar surface area (TPSA) is 51.1 Å². The second-order valence-electron chi connectivity index (χ2n) is 6.23. The van der Waals surface area contributed by atoms with Crippen LogP contribution in [0.25, 0.3) is 0 Å². The van der Waals surface area contributed by atoms with E-state index in [2.05, 4.69) is 30.3 Å².